The molecule has 0 spiro atoms. The Morgan fingerprint density at radius 1 is 1.37 bits per heavy atom. The Balaban J connectivity index is 1.92. The van der Waals surface area contributed by atoms with Crippen molar-refractivity contribution in [3.63, 3.8) is 0 Å². The van der Waals surface area contributed by atoms with Crippen LogP contribution in [0.25, 0.3) is 11.2 Å². The summed E-state index contributed by atoms with van der Waals surface area (Å²) in [6, 6.07) is 4.17. The molecule has 0 aromatic carbocycles. The number of imidazole rings is 1. The number of aromatic amines is 1. The number of hydrogen-bond acceptors (Lipinski definition) is 4. The van der Waals surface area contributed by atoms with Gasteiger partial charge in [0.15, 0.2) is 5.65 Å². The number of H-pyrrole nitrogens is 1. The van der Waals surface area contributed by atoms with E-state index in [2.05, 4.69) is 27.2 Å². The number of pyridine rings is 1. The first-order chi connectivity index (χ1) is 9.28. The Morgan fingerprint density at radius 2 is 2.26 bits per heavy atom. The fraction of sp³-hybridized carbons (Fsp3) is 0.571. The molecular formula is C14H20N4O. The van der Waals surface area contributed by atoms with Gasteiger partial charge in [-0.2, -0.15) is 4.98 Å². The van der Waals surface area contributed by atoms with E-state index in [0.717, 1.165) is 23.5 Å². The van der Waals surface area contributed by atoms with Crippen molar-refractivity contribution in [2.24, 2.45) is 5.92 Å². The molecule has 5 heteroatoms. The van der Waals surface area contributed by atoms with Crippen LogP contribution in [-0.4, -0.2) is 28.1 Å². The van der Waals surface area contributed by atoms with Gasteiger partial charge in [0.25, 0.3) is 0 Å². The molecule has 5 nitrogen and oxygen atoms in total. The summed E-state index contributed by atoms with van der Waals surface area (Å²) >= 11 is 0. The molecule has 2 aromatic heterocycles. The number of aromatic nitrogens is 3. The quantitative estimate of drug-likeness (QED) is 0.889. The lowest BCUT2D eigenvalue weighted by Crippen LogP contribution is -2.33. The van der Waals surface area contributed by atoms with Gasteiger partial charge in [0.1, 0.15) is 5.82 Å². The monoisotopic (exact) mass is 260 g/mol. The third-order valence-electron chi connectivity index (χ3n) is 3.70. The van der Waals surface area contributed by atoms with Gasteiger partial charge in [-0.3, -0.25) is 0 Å². The number of nitrogens with one attached hydrogen (secondary N) is 2. The molecule has 0 aliphatic carbocycles. The highest BCUT2D eigenvalue weighted by atomic mass is 16.5. The molecule has 0 bridgehead atoms. The van der Waals surface area contributed by atoms with Gasteiger partial charge in [-0.15, -0.1) is 0 Å². The zero-order valence-corrected chi connectivity index (χ0v) is 11.4. The van der Waals surface area contributed by atoms with E-state index >= 15 is 0 Å². The molecule has 2 aromatic rings. The van der Waals surface area contributed by atoms with Gasteiger partial charge in [0.05, 0.1) is 18.2 Å². The summed E-state index contributed by atoms with van der Waals surface area (Å²) in [5, 5.41) is 3.53. The molecular weight excluding hydrogens is 240 g/mol. The molecule has 3 rings (SSSR count). The Hall–Kier alpha value is -1.62. The molecule has 102 valence electrons. The maximum Gasteiger partial charge on any atom is 0.215 e. The van der Waals surface area contributed by atoms with E-state index in [1.807, 2.05) is 19.1 Å². The average Bonchev–Trinajstić information content (AvgIpc) is 2.82. The van der Waals surface area contributed by atoms with E-state index in [1.165, 1.54) is 12.8 Å². The van der Waals surface area contributed by atoms with Crippen molar-refractivity contribution in [3.8, 4) is 5.88 Å². The maximum absolute atomic E-state index is 5.41. The van der Waals surface area contributed by atoms with E-state index in [4.69, 9.17) is 4.74 Å². The molecule has 0 saturated carbocycles. The zero-order chi connectivity index (χ0) is 13.2. The van der Waals surface area contributed by atoms with Crippen molar-refractivity contribution in [3.05, 3.63) is 18.0 Å². The van der Waals surface area contributed by atoms with Crippen LogP contribution < -0.4 is 10.1 Å². The number of hydrogen-bond donors (Lipinski definition) is 2. The first-order valence-corrected chi connectivity index (χ1v) is 7.00. The number of fused-ring (bicyclic) bond motifs is 1. The Bertz CT molecular complexity index is 566. The Morgan fingerprint density at radius 3 is 3.05 bits per heavy atom. The largest absolute Gasteiger partial charge is 0.478 e. The first kappa shape index (κ1) is 12.4. The fourth-order valence-corrected chi connectivity index (χ4v) is 2.69. The van der Waals surface area contributed by atoms with Crippen LogP contribution in [0.5, 0.6) is 5.88 Å². The SMILES string of the molecule is CCOc1ccc2[nH]c(C3NCCCC3C)nc2n1. The molecule has 1 fully saturated rings. The van der Waals surface area contributed by atoms with Crippen molar-refractivity contribution >= 4 is 11.2 Å². The predicted octanol–water partition coefficient (Wildman–Crippen LogP) is 2.42. The third kappa shape index (κ3) is 2.42. The smallest absolute Gasteiger partial charge is 0.215 e. The van der Waals surface area contributed by atoms with Gasteiger partial charge in [-0.1, -0.05) is 6.92 Å². The van der Waals surface area contributed by atoms with E-state index in [0.29, 0.717) is 24.4 Å². The van der Waals surface area contributed by atoms with Gasteiger partial charge >= 0.3 is 0 Å². The minimum Gasteiger partial charge on any atom is -0.478 e. The lowest BCUT2D eigenvalue weighted by molar-refractivity contribution is 0.296. The second-order valence-electron chi connectivity index (χ2n) is 5.13. The van der Waals surface area contributed by atoms with Gasteiger partial charge in [0, 0.05) is 6.07 Å². The Kier molecular flexibility index (Phi) is 3.38. The molecule has 19 heavy (non-hydrogen) atoms. The summed E-state index contributed by atoms with van der Waals surface area (Å²) in [4.78, 5) is 12.4. The summed E-state index contributed by atoms with van der Waals surface area (Å²) in [6.07, 6.45) is 2.48. The minimum atomic E-state index is 0.304. The first-order valence-electron chi connectivity index (χ1n) is 7.00. The van der Waals surface area contributed by atoms with Crippen LogP contribution in [0.15, 0.2) is 12.1 Å². The normalized spacial score (nSPS) is 23.7. The van der Waals surface area contributed by atoms with Crippen molar-refractivity contribution in [1.82, 2.24) is 20.3 Å². The topological polar surface area (TPSA) is 62.8 Å². The predicted molar refractivity (Wildman–Crippen MR) is 74.2 cm³/mol. The second kappa shape index (κ2) is 5.17. The van der Waals surface area contributed by atoms with E-state index in [-0.39, 0.29) is 0 Å². The lowest BCUT2D eigenvalue weighted by Gasteiger charge is -2.28. The molecule has 0 amide bonds. The number of rotatable bonds is 3. The third-order valence-corrected chi connectivity index (χ3v) is 3.70. The lowest BCUT2D eigenvalue weighted by atomic mass is 9.92. The van der Waals surface area contributed by atoms with Crippen molar-refractivity contribution in [2.75, 3.05) is 13.2 Å². The fourth-order valence-electron chi connectivity index (χ4n) is 2.69. The molecule has 1 aliphatic heterocycles. The van der Waals surface area contributed by atoms with Crippen molar-refractivity contribution < 1.29 is 4.74 Å². The highest BCUT2D eigenvalue weighted by Gasteiger charge is 2.25. The van der Waals surface area contributed by atoms with E-state index < -0.39 is 0 Å². The summed E-state index contributed by atoms with van der Waals surface area (Å²) in [7, 11) is 0. The Labute approximate surface area is 112 Å². The molecule has 2 unspecified atom stereocenters. The molecule has 3 heterocycles. The highest BCUT2D eigenvalue weighted by molar-refractivity contribution is 5.71. The van der Waals surface area contributed by atoms with Crippen LogP contribution in [0.4, 0.5) is 0 Å². The summed E-state index contributed by atoms with van der Waals surface area (Å²) in [6.45, 7) is 5.90. The number of nitrogens with zero attached hydrogens (tertiary/aromatic N) is 2. The zero-order valence-electron chi connectivity index (χ0n) is 11.4. The van der Waals surface area contributed by atoms with Crippen LogP contribution in [0, 0.1) is 5.92 Å². The molecule has 2 atom stereocenters. The average molecular weight is 260 g/mol. The summed E-state index contributed by atoms with van der Waals surface area (Å²) in [5.41, 5.74) is 1.71. The van der Waals surface area contributed by atoms with Gasteiger partial charge < -0.3 is 15.0 Å². The number of ether oxygens (including phenoxy) is 1. The van der Waals surface area contributed by atoms with Crippen LogP contribution in [0.1, 0.15) is 38.6 Å². The summed E-state index contributed by atoms with van der Waals surface area (Å²) in [5.74, 6) is 2.22. The van der Waals surface area contributed by atoms with Crippen LogP contribution in [-0.2, 0) is 0 Å². The van der Waals surface area contributed by atoms with Gasteiger partial charge in [0.2, 0.25) is 5.88 Å². The minimum absolute atomic E-state index is 0.304. The van der Waals surface area contributed by atoms with Gasteiger partial charge in [-0.05, 0) is 38.3 Å². The van der Waals surface area contributed by atoms with Crippen molar-refractivity contribution in [1.29, 1.82) is 0 Å². The standard InChI is InChI=1S/C14H20N4O/c1-3-19-11-7-6-10-13(17-11)18-14(16-10)12-9(2)5-4-8-15-12/h6-7,9,12,15H,3-5,8H2,1-2H3,(H,16,17,18). The molecule has 2 N–H and O–H groups in total. The second-order valence-corrected chi connectivity index (χ2v) is 5.13. The molecule has 0 radical (unpaired) electrons. The molecule has 1 saturated heterocycles. The van der Waals surface area contributed by atoms with Gasteiger partial charge in [-0.25, -0.2) is 4.98 Å². The number of piperidine rings is 1. The molecule has 1 aliphatic rings. The van der Waals surface area contributed by atoms with Crippen molar-refractivity contribution in [2.45, 2.75) is 32.7 Å². The van der Waals surface area contributed by atoms with E-state index in [9.17, 15) is 0 Å². The highest BCUT2D eigenvalue weighted by Crippen LogP contribution is 2.28. The van der Waals surface area contributed by atoms with E-state index in [1.54, 1.807) is 0 Å². The maximum atomic E-state index is 5.41. The van der Waals surface area contributed by atoms with Crippen LogP contribution >= 0.6 is 0 Å². The summed E-state index contributed by atoms with van der Waals surface area (Å²) < 4.78 is 5.41. The van der Waals surface area contributed by atoms with Crippen LogP contribution in [0.2, 0.25) is 0 Å². The van der Waals surface area contributed by atoms with Crippen LogP contribution in [0.3, 0.4) is 0 Å².